The maximum atomic E-state index is 5.15. The van der Waals surface area contributed by atoms with Crippen molar-refractivity contribution in [2.45, 2.75) is 33.6 Å². The number of allylic oxidation sites excluding steroid dienone is 2. The van der Waals surface area contributed by atoms with Gasteiger partial charge in [-0.15, -0.1) is 0 Å². The molecular weight excluding hydrogens is 246 g/mol. The van der Waals surface area contributed by atoms with Gasteiger partial charge in [-0.2, -0.15) is 0 Å². The van der Waals surface area contributed by atoms with Crippen LogP contribution in [0.15, 0.2) is 48.1 Å². The third-order valence-corrected chi connectivity index (χ3v) is 3.42. The van der Waals surface area contributed by atoms with Gasteiger partial charge in [0.25, 0.3) is 0 Å². The maximum absolute atomic E-state index is 5.15. The first-order valence-electron chi connectivity index (χ1n) is 7.22. The Bertz CT molecular complexity index is 441. The number of benzene rings is 1. The van der Waals surface area contributed by atoms with E-state index in [1.54, 1.807) is 7.11 Å². The molecule has 2 heteroatoms. The average Bonchev–Trinajstić information content (AvgIpc) is 2.44. The highest BCUT2D eigenvalue weighted by Crippen LogP contribution is 2.18. The van der Waals surface area contributed by atoms with Crippen LogP contribution >= 0.6 is 0 Å². The topological polar surface area (TPSA) is 21.3 Å². The van der Waals surface area contributed by atoms with E-state index in [-0.39, 0.29) is 0 Å². The highest BCUT2D eigenvalue weighted by Gasteiger charge is 2.06. The molecule has 1 aromatic carbocycles. The SMILES string of the molecule is C=C(CCC=C(C)C)C(C)CNc1ccc(OC)cc1. The van der Waals surface area contributed by atoms with Crippen LogP contribution in [0.25, 0.3) is 0 Å². The molecule has 0 aliphatic heterocycles. The van der Waals surface area contributed by atoms with Gasteiger partial charge >= 0.3 is 0 Å². The van der Waals surface area contributed by atoms with E-state index in [9.17, 15) is 0 Å². The van der Waals surface area contributed by atoms with E-state index < -0.39 is 0 Å². The molecule has 1 atom stereocenters. The number of hydrogen-bond acceptors (Lipinski definition) is 2. The maximum Gasteiger partial charge on any atom is 0.119 e. The van der Waals surface area contributed by atoms with Crippen molar-refractivity contribution in [1.29, 1.82) is 0 Å². The predicted molar refractivity (Wildman–Crippen MR) is 88.5 cm³/mol. The van der Waals surface area contributed by atoms with Crippen LogP contribution in [0.3, 0.4) is 0 Å². The molecule has 0 aromatic heterocycles. The Labute approximate surface area is 123 Å². The predicted octanol–water partition coefficient (Wildman–Crippen LogP) is 5.05. The molecular formula is C18H27NO. The summed E-state index contributed by atoms with van der Waals surface area (Å²) in [6.07, 6.45) is 4.43. The Morgan fingerprint density at radius 3 is 2.50 bits per heavy atom. The van der Waals surface area contributed by atoms with E-state index in [1.165, 1.54) is 11.1 Å². The second-order valence-corrected chi connectivity index (χ2v) is 5.49. The Balaban J connectivity index is 2.35. The quantitative estimate of drug-likeness (QED) is 0.669. The van der Waals surface area contributed by atoms with Gasteiger partial charge in [0, 0.05) is 12.2 Å². The standard InChI is InChI=1S/C18H27NO/c1-14(2)7-6-8-15(3)16(4)13-19-17-9-11-18(20-5)12-10-17/h7,9-12,16,19H,3,6,8,13H2,1-2,4-5H3. The average molecular weight is 273 g/mol. The molecule has 0 aliphatic carbocycles. The first-order chi connectivity index (χ1) is 9.52. The van der Waals surface area contributed by atoms with Crippen molar-refractivity contribution in [3.63, 3.8) is 0 Å². The number of methoxy groups -OCH3 is 1. The summed E-state index contributed by atoms with van der Waals surface area (Å²) in [5.41, 5.74) is 3.81. The van der Waals surface area contributed by atoms with Crippen LogP contribution in [0.4, 0.5) is 5.69 Å². The number of hydrogen-bond donors (Lipinski definition) is 1. The molecule has 0 aliphatic rings. The highest BCUT2D eigenvalue weighted by atomic mass is 16.5. The van der Waals surface area contributed by atoms with Gasteiger partial charge in [-0.3, -0.25) is 0 Å². The Kier molecular flexibility index (Phi) is 6.92. The molecule has 1 N–H and O–H groups in total. The highest BCUT2D eigenvalue weighted by molar-refractivity contribution is 5.46. The molecule has 2 nitrogen and oxygen atoms in total. The van der Waals surface area contributed by atoms with E-state index in [2.05, 4.69) is 38.7 Å². The summed E-state index contributed by atoms with van der Waals surface area (Å²) in [4.78, 5) is 0. The zero-order chi connectivity index (χ0) is 15.0. The van der Waals surface area contributed by atoms with Gasteiger partial charge in [-0.05, 0) is 56.9 Å². The smallest absolute Gasteiger partial charge is 0.119 e. The van der Waals surface area contributed by atoms with E-state index in [1.807, 2.05) is 24.3 Å². The summed E-state index contributed by atoms with van der Waals surface area (Å²) in [5.74, 6) is 1.36. The molecule has 20 heavy (non-hydrogen) atoms. The number of ether oxygens (including phenoxy) is 1. The van der Waals surface area contributed by atoms with Crippen LogP contribution in [-0.2, 0) is 0 Å². The molecule has 0 saturated carbocycles. The molecule has 0 bridgehead atoms. The van der Waals surface area contributed by atoms with Crippen LogP contribution in [-0.4, -0.2) is 13.7 Å². The number of rotatable bonds is 8. The summed E-state index contributed by atoms with van der Waals surface area (Å²) in [6, 6.07) is 8.02. The van der Waals surface area contributed by atoms with Crippen molar-refractivity contribution < 1.29 is 4.74 Å². The zero-order valence-electron chi connectivity index (χ0n) is 13.2. The Morgan fingerprint density at radius 2 is 1.95 bits per heavy atom. The third kappa shape index (κ3) is 5.96. The van der Waals surface area contributed by atoms with E-state index in [4.69, 9.17) is 4.74 Å². The van der Waals surface area contributed by atoms with Crippen LogP contribution < -0.4 is 10.1 Å². The van der Waals surface area contributed by atoms with Crippen molar-refractivity contribution >= 4 is 5.69 Å². The van der Waals surface area contributed by atoms with Gasteiger partial charge < -0.3 is 10.1 Å². The fourth-order valence-corrected chi connectivity index (χ4v) is 1.92. The molecule has 0 fully saturated rings. The molecule has 1 aromatic rings. The Hall–Kier alpha value is -1.70. The fraction of sp³-hybridized carbons (Fsp3) is 0.444. The van der Waals surface area contributed by atoms with Crippen LogP contribution in [0.1, 0.15) is 33.6 Å². The van der Waals surface area contributed by atoms with Crippen molar-refractivity contribution in [2.24, 2.45) is 5.92 Å². The van der Waals surface area contributed by atoms with Gasteiger partial charge in [0.15, 0.2) is 0 Å². The van der Waals surface area contributed by atoms with Crippen molar-refractivity contribution in [3.8, 4) is 5.75 Å². The second kappa shape index (κ2) is 8.47. The van der Waals surface area contributed by atoms with E-state index >= 15 is 0 Å². The molecule has 0 heterocycles. The van der Waals surface area contributed by atoms with Crippen LogP contribution in [0.2, 0.25) is 0 Å². The van der Waals surface area contributed by atoms with Gasteiger partial charge in [-0.25, -0.2) is 0 Å². The monoisotopic (exact) mass is 273 g/mol. The summed E-state index contributed by atoms with van der Waals surface area (Å²) in [7, 11) is 1.68. The van der Waals surface area contributed by atoms with Gasteiger partial charge in [0.05, 0.1) is 7.11 Å². The minimum Gasteiger partial charge on any atom is -0.497 e. The second-order valence-electron chi connectivity index (χ2n) is 5.49. The number of anilines is 1. The normalized spacial score (nSPS) is 11.6. The van der Waals surface area contributed by atoms with E-state index in [0.29, 0.717) is 5.92 Å². The first-order valence-corrected chi connectivity index (χ1v) is 7.22. The molecule has 1 unspecified atom stereocenters. The first kappa shape index (κ1) is 16.4. The minimum atomic E-state index is 0.475. The number of nitrogens with one attached hydrogen (secondary N) is 1. The van der Waals surface area contributed by atoms with E-state index in [0.717, 1.165) is 30.8 Å². The summed E-state index contributed by atoms with van der Waals surface area (Å²) >= 11 is 0. The molecule has 0 spiro atoms. The summed E-state index contributed by atoms with van der Waals surface area (Å²) in [6.45, 7) is 11.6. The summed E-state index contributed by atoms with van der Waals surface area (Å²) in [5, 5.41) is 3.44. The van der Waals surface area contributed by atoms with Crippen molar-refractivity contribution in [2.75, 3.05) is 19.0 Å². The third-order valence-electron chi connectivity index (χ3n) is 3.42. The Morgan fingerprint density at radius 1 is 1.30 bits per heavy atom. The van der Waals surface area contributed by atoms with Crippen LogP contribution in [0.5, 0.6) is 5.75 Å². The molecule has 0 saturated heterocycles. The summed E-state index contributed by atoms with van der Waals surface area (Å²) < 4.78 is 5.15. The largest absolute Gasteiger partial charge is 0.497 e. The lowest BCUT2D eigenvalue weighted by molar-refractivity contribution is 0.415. The molecule has 1 rings (SSSR count). The minimum absolute atomic E-state index is 0.475. The van der Waals surface area contributed by atoms with Gasteiger partial charge in [-0.1, -0.05) is 30.7 Å². The lowest BCUT2D eigenvalue weighted by Gasteiger charge is -2.16. The van der Waals surface area contributed by atoms with Crippen molar-refractivity contribution in [1.82, 2.24) is 0 Å². The zero-order valence-corrected chi connectivity index (χ0v) is 13.2. The molecule has 0 amide bonds. The molecule has 110 valence electrons. The molecule has 0 radical (unpaired) electrons. The van der Waals surface area contributed by atoms with Gasteiger partial charge in [0.1, 0.15) is 5.75 Å². The van der Waals surface area contributed by atoms with Crippen LogP contribution in [0, 0.1) is 5.92 Å². The fourth-order valence-electron chi connectivity index (χ4n) is 1.92. The lowest BCUT2D eigenvalue weighted by atomic mass is 9.97. The van der Waals surface area contributed by atoms with Gasteiger partial charge in [0.2, 0.25) is 0 Å². The van der Waals surface area contributed by atoms with Crippen molar-refractivity contribution in [3.05, 3.63) is 48.1 Å². The lowest BCUT2D eigenvalue weighted by Crippen LogP contribution is -2.13.